The zero-order chi connectivity index (χ0) is 18.2. The molecule has 3 N–H and O–H groups in total. The van der Waals surface area contributed by atoms with E-state index in [0.717, 1.165) is 19.5 Å². The average molecular weight is 355 g/mol. The minimum atomic E-state index is -0.218. The molecule has 0 aromatic heterocycles. The van der Waals surface area contributed by atoms with E-state index in [-0.39, 0.29) is 6.10 Å². The van der Waals surface area contributed by atoms with E-state index >= 15 is 0 Å². The highest BCUT2D eigenvalue weighted by Crippen LogP contribution is 2.19. The van der Waals surface area contributed by atoms with Gasteiger partial charge in [-0.1, -0.05) is 96.8 Å². The molecular formula is C22H46N2O. The Kier molecular flexibility index (Phi) is 14.7. The Bertz CT molecular complexity index is 277. The fraction of sp³-hybridized carbons (Fsp3) is 1.00. The van der Waals surface area contributed by atoms with Crippen molar-refractivity contribution in [3.8, 4) is 0 Å². The summed E-state index contributed by atoms with van der Waals surface area (Å²) in [5, 5.41) is 16.9. The van der Waals surface area contributed by atoms with E-state index in [2.05, 4.69) is 17.6 Å². The first-order chi connectivity index (χ1) is 12.3. The summed E-state index contributed by atoms with van der Waals surface area (Å²) in [6, 6.07) is 0. The molecule has 1 aliphatic heterocycles. The van der Waals surface area contributed by atoms with Crippen LogP contribution in [-0.4, -0.2) is 30.5 Å². The minimum absolute atomic E-state index is 0.218. The fourth-order valence-corrected chi connectivity index (χ4v) is 4.09. The molecule has 3 nitrogen and oxygen atoms in total. The highest BCUT2D eigenvalue weighted by atomic mass is 16.3. The molecule has 3 heteroatoms. The maximum atomic E-state index is 10.00. The van der Waals surface area contributed by atoms with Crippen molar-refractivity contribution in [2.45, 2.75) is 122 Å². The maximum absolute atomic E-state index is 10.00. The zero-order valence-corrected chi connectivity index (χ0v) is 17.2. The Morgan fingerprint density at radius 2 is 1.12 bits per heavy atom. The van der Waals surface area contributed by atoms with Crippen LogP contribution in [0.4, 0.5) is 0 Å². The van der Waals surface area contributed by atoms with E-state index in [9.17, 15) is 5.11 Å². The molecule has 1 heterocycles. The van der Waals surface area contributed by atoms with E-state index in [1.807, 2.05) is 6.92 Å². The first kappa shape index (κ1) is 22.9. The standard InChI is InChI=1S/C22H46N2O/c1-3-4-5-6-7-8-9-10-11-12-13-14-15-16-17-21(20(2)25)22-23-18-19-24-22/h20-25H,3-19H2,1-2H3. The SMILES string of the molecule is CCCCCCCCCCCCCCCCC(C(C)O)C1NCCN1. The van der Waals surface area contributed by atoms with Gasteiger partial charge in [-0.05, 0) is 13.3 Å². The molecule has 1 aliphatic rings. The fourth-order valence-electron chi connectivity index (χ4n) is 4.09. The minimum Gasteiger partial charge on any atom is -0.393 e. The van der Waals surface area contributed by atoms with Crippen molar-refractivity contribution in [2.24, 2.45) is 5.92 Å². The molecule has 2 atom stereocenters. The molecule has 0 aromatic carbocycles. The van der Waals surface area contributed by atoms with Gasteiger partial charge in [-0.25, -0.2) is 0 Å². The first-order valence-corrected chi connectivity index (χ1v) is 11.4. The predicted octanol–water partition coefficient (Wildman–Crippen LogP) is 5.37. The highest BCUT2D eigenvalue weighted by Gasteiger charge is 2.27. The number of aliphatic hydroxyl groups excluding tert-OH is 1. The van der Waals surface area contributed by atoms with Gasteiger partial charge in [-0.3, -0.25) is 0 Å². The van der Waals surface area contributed by atoms with Gasteiger partial charge in [0.05, 0.1) is 12.3 Å². The molecule has 0 aromatic rings. The first-order valence-electron chi connectivity index (χ1n) is 11.4. The Hall–Kier alpha value is -0.120. The number of hydrogen-bond acceptors (Lipinski definition) is 3. The van der Waals surface area contributed by atoms with Crippen LogP contribution < -0.4 is 10.6 Å². The van der Waals surface area contributed by atoms with Crippen molar-refractivity contribution >= 4 is 0 Å². The smallest absolute Gasteiger partial charge is 0.0626 e. The van der Waals surface area contributed by atoms with Crippen LogP contribution >= 0.6 is 0 Å². The van der Waals surface area contributed by atoms with Gasteiger partial charge in [0, 0.05) is 19.0 Å². The van der Waals surface area contributed by atoms with Crippen LogP contribution in [0.5, 0.6) is 0 Å². The van der Waals surface area contributed by atoms with Gasteiger partial charge in [0.25, 0.3) is 0 Å². The lowest BCUT2D eigenvalue weighted by Crippen LogP contribution is -2.43. The van der Waals surface area contributed by atoms with Gasteiger partial charge < -0.3 is 15.7 Å². The Morgan fingerprint density at radius 3 is 1.52 bits per heavy atom. The van der Waals surface area contributed by atoms with Crippen LogP contribution in [0.2, 0.25) is 0 Å². The third kappa shape index (κ3) is 12.0. The van der Waals surface area contributed by atoms with Gasteiger partial charge >= 0.3 is 0 Å². The highest BCUT2D eigenvalue weighted by molar-refractivity contribution is 4.82. The summed E-state index contributed by atoms with van der Waals surface area (Å²) >= 11 is 0. The largest absolute Gasteiger partial charge is 0.393 e. The van der Waals surface area contributed by atoms with Crippen molar-refractivity contribution in [1.82, 2.24) is 10.6 Å². The molecule has 0 radical (unpaired) electrons. The van der Waals surface area contributed by atoms with Crippen LogP contribution in [0.25, 0.3) is 0 Å². The summed E-state index contributed by atoms with van der Waals surface area (Å²) in [6.45, 7) is 6.30. The van der Waals surface area contributed by atoms with E-state index in [4.69, 9.17) is 0 Å². The van der Waals surface area contributed by atoms with E-state index in [1.54, 1.807) is 0 Å². The topological polar surface area (TPSA) is 44.3 Å². The Labute approximate surface area is 157 Å². The average Bonchev–Trinajstić information content (AvgIpc) is 3.12. The monoisotopic (exact) mass is 354 g/mol. The number of nitrogens with one attached hydrogen (secondary N) is 2. The number of hydrogen-bond donors (Lipinski definition) is 3. The second kappa shape index (κ2) is 16.1. The van der Waals surface area contributed by atoms with Gasteiger partial charge in [-0.15, -0.1) is 0 Å². The van der Waals surface area contributed by atoms with Crippen molar-refractivity contribution in [2.75, 3.05) is 13.1 Å². The van der Waals surface area contributed by atoms with Crippen molar-refractivity contribution in [3.63, 3.8) is 0 Å². The van der Waals surface area contributed by atoms with Crippen molar-refractivity contribution in [3.05, 3.63) is 0 Å². The summed E-state index contributed by atoms with van der Waals surface area (Å²) in [4.78, 5) is 0. The molecule has 0 saturated carbocycles. The lowest BCUT2D eigenvalue weighted by Gasteiger charge is -2.26. The van der Waals surface area contributed by atoms with Gasteiger partial charge in [-0.2, -0.15) is 0 Å². The van der Waals surface area contributed by atoms with E-state index < -0.39 is 0 Å². The van der Waals surface area contributed by atoms with Gasteiger partial charge in [0.1, 0.15) is 0 Å². The third-order valence-corrected chi connectivity index (χ3v) is 5.79. The van der Waals surface area contributed by atoms with E-state index in [1.165, 1.54) is 89.9 Å². The molecule has 1 rings (SSSR count). The summed E-state index contributed by atoms with van der Waals surface area (Å²) in [5.74, 6) is 0.361. The lowest BCUT2D eigenvalue weighted by molar-refractivity contribution is 0.0916. The Morgan fingerprint density at radius 1 is 0.720 bits per heavy atom. The molecule has 0 amide bonds. The molecule has 1 saturated heterocycles. The molecule has 0 bridgehead atoms. The van der Waals surface area contributed by atoms with Crippen LogP contribution in [0.1, 0.15) is 110 Å². The summed E-state index contributed by atoms with van der Waals surface area (Å²) in [6.07, 6.45) is 20.9. The molecule has 25 heavy (non-hydrogen) atoms. The molecular weight excluding hydrogens is 308 g/mol. The molecule has 150 valence electrons. The van der Waals surface area contributed by atoms with Crippen LogP contribution in [-0.2, 0) is 0 Å². The molecule has 1 fully saturated rings. The van der Waals surface area contributed by atoms with Crippen LogP contribution in [0, 0.1) is 5.92 Å². The summed E-state index contributed by atoms with van der Waals surface area (Å²) in [5.41, 5.74) is 0. The van der Waals surface area contributed by atoms with E-state index in [0.29, 0.717) is 12.1 Å². The molecule has 0 aliphatic carbocycles. The van der Waals surface area contributed by atoms with Gasteiger partial charge in [0.15, 0.2) is 0 Å². The molecule has 0 spiro atoms. The van der Waals surface area contributed by atoms with Gasteiger partial charge in [0.2, 0.25) is 0 Å². The number of aliphatic hydroxyl groups is 1. The zero-order valence-electron chi connectivity index (χ0n) is 17.2. The second-order valence-corrected chi connectivity index (χ2v) is 8.18. The predicted molar refractivity (Wildman–Crippen MR) is 110 cm³/mol. The van der Waals surface area contributed by atoms with Crippen LogP contribution in [0.3, 0.4) is 0 Å². The normalized spacial score (nSPS) is 17.9. The number of unbranched alkanes of at least 4 members (excludes halogenated alkanes) is 13. The number of rotatable bonds is 17. The van der Waals surface area contributed by atoms with Crippen LogP contribution in [0.15, 0.2) is 0 Å². The molecule has 2 unspecified atom stereocenters. The quantitative estimate of drug-likeness (QED) is 0.308. The summed E-state index contributed by atoms with van der Waals surface area (Å²) in [7, 11) is 0. The maximum Gasteiger partial charge on any atom is 0.0626 e. The summed E-state index contributed by atoms with van der Waals surface area (Å²) < 4.78 is 0. The lowest BCUT2D eigenvalue weighted by atomic mass is 9.93. The van der Waals surface area contributed by atoms with Crippen molar-refractivity contribution < 1.29 is 5.11 Å². The van der Waals surface area contributed by atoms with Crippen molar-refractivity contribution in [1.29, 1.82) is 0 Å². The second-order valence-electron chi connectivity index (χ2n) is 8.18. The Balaban J connectivity index is 1.83. The third-order valence-electron chi connectivity index (χ3n) is 5.79.